The van der Waals surface area contributed by atoms with E-state index >= 15 is 0 Å². The summed E-state index contributed by atoms with van der Waals surface area (Å²) in [6.45, 7) is 6.43. The highest BCUT2D eigenvalue weighted by Gasteiger charge is 2.18. The number of nitrogens with zero attached hydrogens (tertiary/aromatic N) is 2. The maximum absolute atomic E-state index is 12.2. The number of carbonyl (C=O) groups excluding carboxylic acids is 1. The number of carbonyl (C=O) groups is 1. The minimum absolute atomic E-state index is 0.151. The van der Waals surface area contributed by atoms with Crippen LogP contribution in [-0.2, 0) is 17.6 Å². The maximum Gasteiger partial charge on any atom is 0.229 e. The SMILES string of the molecule is C/C(CC(C)C)=N\C1=C(/N=C/NC(=O)Cc2ccc(O)cc2)CCc2ccccc21. The third-order valence-corrected chi connectivity index (χ3v) is 4.93. The van der Waals surface area contributed by atoms with Crippen LogP contribution >= 0.6 is 0 Å². The van der Waals surface area contributed by atoms with Crippen LogP contribution < -0.4 is 5.32 Å². The molecule has 0 fully saturated rings. The predicted molar refractivity (Wildman–Crippen MR) is 123 cm³/mol. The molecule has 2 N–H and O–H groups in total. The minimum atomic E-state index is -0.151. The normalized spacial score (nSPS) is 14.3. The van der Waals surface area contributed by atoms with Gasteiger partial charge in [-0.15, -0.1) is 0 Å². The van der Waals surface area contributed by atoms with Crippen LogP contribution in [-0.4, -0.2) is 23.1 Å². The summed E-state index contributed by atoms with van der Waals surface area (Å²) in [5.41, 5.74) is 6.11. The molecule has 1 aliphatic rings. The molecule has 0 radical (unpaired) electrons. The molecule has 0 saturated carbocycles. The fourth-order valence-electron chi connectivity index (χ4n) is 3.61. The number of amides is 1. The van der Waals surface area contributed by atoms with Gasteiger partial charge in [0.05, 0.1) is 24.2 Å². The van der Waals surface area contributed by atoms with Crippen LogP contribution in [0.3, 0.4) is 0 Å². The van der Waals surface area contributed by atoms with Gasteiger partial charge < -0.3 is 10.4 Å². The molecule has 0 unspecified atom stereocenters. The lowest BCUT2D eigenvalue weighted by atomic mass is 9.92. The van der Waals surface area contributed by atoms with E-state index in [1.54, 1.807) is 24.3 Å². The summed E-state index contributed by atoms with van der Waals surface area (Å²) in [5.74, 6) is 0.577. The van der Waals surface area contributed by atoms with Crippen molar-refractivity contribution in [2.75, 3.05) is 0 Å². The Kier molecular flexibility index (Phi) is 7.17. The predicted octanol–water partition coefficient (Wildman–Crippen LogP) is 4.90. The highest BCUT2D eigenvalue weighted by molar-refractivity contribution is 5.91. The summed E-state index contributed by atoms with van der Waals surface area (Å²) in [6.07, 6.45) is 4.33. The van der Waals surface area contributed by atoms with Gasteiger partial charge in [0.1, 0.15) is 5.75 Å². The zero-order valence-corrected chi connectivity index (χ0v) is 17.9. The molecule has 0 atom stereocenters. The molecule has 0 bridgehead atoms. The van der Waals surface area contributed by atoms with E-state index in [2.05, 4.69) is 49.3 Å². The Balaban J connectivity index is 1.78. The van der Waals surface area contributed by atoms with E-state index in [1.807, 2.05) is 6.07 Å². The van der Waals surface area contributed by atoms with Gasteiger partial charge in [-0.3, -0.25) is 9.79 Å². The fourth-order valence-corrected chi connectivity index (χ4v) is 3.61. The Morgan fingerprint density at radius 1 is 1.13 bits per heavy atom. The molecule has 0 spiro atoms. The number of rotatable bonds is 7. The van der Waals surface area contributed by atoms with Gasteiger partial charge in [-0.1, -0.05) is 50.2 Å². The van der Waals surface area contributed by atoms with E-state index in [9.17, 15) is 9.90 Å². The Labute approximate surface area is 178 Å². The molecule has 0 aromatic heterocycles. The summed E-state index contributed by atoms with van der Waals surface area (Å²) < 4.78 is 0. The van der Waals surface area contributed by atoms with Crippen molar-refractivity contribution >= 4 is 23.7 Å². The molecular formula is C25H29N3O2. The molecule has 2 aromatic rings. The van der Waals surface area contributed by atoms with Crippen LogP contribution in [0.4, 0.5) is 0 Å². The van der Waals surface area contributed by atoms with Crippen molar-refractivity contribution in [2.45, 2.75) is 46.5 Å². The number of aryl methyl sites for hydroxylation is 1. The van der Waals surface area contributed by atoms with Crippen LogP contribution in [0.1, 0.15) is 50.3 Å². The van der Waals surface area contributed by atoms with E-state index in [1.165, 1.54) is 11.9 Å². The second kappa shape index (κ2) is 10.0. The molecule has 0 aliphatic heterocycles. The van der Waals surface area contributed by atoms with Crippen molar-refractivity contribution in [1.29, 1.82) is 0 Å². The first-order valence-electron chi connectivity index (χ1n) is 10.4. The average Bonchev–Trinajstić information content (AvgIpc) is 2.70. The monoisotopic (exact) mass is 403 g/mol. The van der Waals surface area contributed by atoms with E-state index in [4.69, 9.17) is 4.99 Å². The van der Waals surface area contributed by atoms with Gasteiger partial charge >= 0.3 is 0 Å². The standard InChI is InChI=1S/C25H29N3O2/c1-17(2)14-18(3)28-25-22-7-5-4-6-20(22)10-13-23(25)26-16-27-24(30)15-19-8-11-21(29)12-9-19/h4-9,11-12,16-17,29H,10,13-15H2,1-3H3,(H,26,27,30)/b28-18+. The van der Waals surface area contributed by atoms with Crippen LogP contribution in [0.25, 0.3) is 5.70 Å². The maximum atomic E-state index is 12.2. The van der Waals surface area contributed by atoms with Crippen molar-refractivity contribution in [3.63, 3.8) is 0 Å². The number of phenolic OH excluding ortho intramolecular Hbond substituents is 1. The minimum Gasteiger partial charge on any atom is -0.508 e. The molecule has 2 aromatic carbocycles. The van der Waals surface area contributed by atoms with E-state index in [0.29, 0.717) is 5.92 Å². The van der Waals surface area contributed by atoms with E-state index in [0.717, 1.165) is 47.5 Å². The van der Waals surface area contributed by atoms with E-state index in [-0.39, 0.29) is 18.1 Å². The quantitative estimate of drug-likeness (QED) is 0.510. The number of allylic oxidation sites excluding steroid dienone is 1. The first-order valence-corrected chi connectivity index (χ1v) is 10.4. The molecular weight excluding hydrogens is 374 g/mol. The summed E-state index contributed by atoms with van der Waals surface area (Å²) in [7, 11) is 0. The molecule has 1 amide bonds. The highest BCUT2D eigenvalue weighted by Crippen LogP contribution is 2.33. The van der Waals surface area contributed by atoms with Crippen LogP contribution in [0.2, 0.25) is 0 Å². The lowest BCUT2D eigenvalue weighted by Crippen LogP contribution is -2.23. The second-order valence-corrected chi connectivity index (χ2v) is 8.07. The smallest absolute Gasteiger partial charge is 0.229 e. The number of hydrogen-bond donors (Lipinski definition) is 2. The van der Waals surface area contributed by atoms with Crippen LogP contribution in [0.15, 0.2) is 64.2 Å². The van der Waals surface area contributed by atoms with Crippen molar-refractivity contribution in [3.8, 4) is 5.75 Å². The first kappa shape index (κ1) is 21.5. The number of aromatic hydroxyl groups is 1. The van der Waals surface area contributed by atoms with Gasteiger partial charge in [0.2, 0.25) is 5.91 Å². The zero-order chi connectivity index (χ0) is 21.5. The zero-order valence-electron chi connectivity index (χ0n) is 17.9. The van der Waals surface area contributed by atoms with Gasteiger partial charge in [-0.25, -0.2) is 4.99 Å². The second-order valence-electron chi connectivity index (χ2n) is 8.07. The third kappa shape index (κ3) is 5.89. The Morgan fingerprint density at radius 3 is 2.60 bits per heavy atom. The summed E-state index contributed by atoms with van der Waals surface area (Å²) in [4.78, 5) is 21.7. The molecule has 5 heteroatoms. The summed E-state index contributed by atoms with van der Waals surface area (Å²) in [6, 6.07) is 14.9. The summed E-state index contributed by atoms with van der Waals surface area (Å²) in [5, 5.41) is 12.1. The topological polar surface area (TPSA) is 74.0 Å². The Hall–Kier alpha value is -3.21. The fraction of sp³-hybridized carbons (Fsp3) is 0.320. The molecule has 0 heterocycles. The third-order valence-electron chi connectivity index (χ3n) is 4.93. The Bertz CT molecular complexity index is 986. The Morgan fingerprint density at radius 2 is 1.87 bits per heavy atom. The molecule has 5 nitrogen and oxygen atoms in total. The number of nitrogens with one attached hydrogen (secondary N) is 1. The molecule has 0 saturated heterocycles. The number of hydrogen-bond acceptors (Lipinski definition) is 4. The lowest BCUT2D eigenvalue weighted by molar-refractivity contribution is -0.118. The average molecular weight is 404 g/mol. The number of fused-ring (bicyclic) bond motifs is 1. The van der Waals surface area contributed by atoms with E-state index < -0.39 is 0 Å². The molecule has 30 heavy (non-hydrogen) atoms. The molecule has 156 valence electrons. The highest BCUT2D eigenvalue weighted by atomic mass is 16.3. The van der Waals surface area contributed by atoms with Crippen molar-refractivity contribution < 1.29 is 9.90 Å². The van der Waals surface area contributed by atoms with Gasteiger partial charge in [0, 0.05) is 11.3 Å². The largest absolute Gasteiger partial charge is 0.508 e. The number of aliphatic imine (C=N–C) groups is 2. The summed E-state index contributed by atoms with van der Waals surface area (Å²) >= 11 is 0. The molecule has 1 aliphatic carbocycles. The van der Waals surface area contributed by atoms with Gasteiger partial charge in [-0.05, 0) is 55.4 Å². The van der Waals surface area contributed by atoms with Crippen LogP contribution in [0.5, 0.6) is 5.75 Å². The molecule has 3 rings (SSSR count). The van der Waals surface area contributed by atoms with Gasteiger partial charge in [-0.2, -0.15) is 0 Å². The van der Waals surface area contributed by atoms with Crippen molar-refractivity contribution in [1.82, 2.24) is 5.32 Å². The number of phenols is 1. The number of benzene rings is 2. The van der Waals surface area contributed by atoms with Crippen molar-refractivity contribution in [2.24, 2.45) is 15.9 Å². The first-order chi connectivity index (χ1) is 14.4. The lowest BCUT2D eigenvalue weighted by Gasteiger charge is -2.19. The van der Waals surface area contributed by atoms with Gasteiger partial charge in [0.25, 0.3) is 0 Å². The van der Waals surface area contributed by atoms with Gasteiger partial charge in [0.15, 0.2) is 0 Å². The van der Waals surface area contributed by atoms with Crippen LogP contribution in [0, 0.1) is 5.92 Å². The van der Waals surface area contributed by atoms with Crippen molar-refractivity contribution in [3.05, 3.63) is 70.9 Å².